The lowest BCUT2D eigenvalue weighted by Crippen LogP contribution is -2.45. The van der Waals surface area contributed by atoms with Crippen LogP contribution in [0.3, 0.4) is 0 Å². The molecular weight excluding hydrogens is 322 g/mol. The smallest absolute Gasteiger partial charge is 0.254 e. The van der Waals surface area contributed by atoms with Gasteiger partial charge >= 0.3 is 0 Å². The molecule has 3 nitrogen and oxygen atoms in total. The first kappa shape index (κ1) is 19.1. The van der Waals surface area contributed by atoms with Crippen molar-refractivity contribution in [3.05, 3.63) is 71.3 Å². The molecule has 0 aliphatic heterocycles. The molecule has 0 radical (unpaired) electrons. The Morgan fingerprint density at radius 3 is 2.36 bits per heavy atom. The summed E-state index contributed by atoms with van der Waals surface area (Å²) in [6.07, 6.45) is 0.772. The second-order valence-corrected chi connectivity index (χ2v) is 5.88. The zero-order chi connectivity index (χ0) is 18.2. The Balaban J connectivity index is 2.08. The van der Waals surface area contributed by atoms with Gasteiger partial charge in [-0.25, -0.2) is 8.78 Å². The van der Waals surface area contributed by atoms with Gasteiger partial charge in [0.05, 0.1) is 5.56 Å². The minimum absolute atomic E-state index is 0.0815. The molecule has 1 unspecified atom stereocenters. The van der Waals surface area contributed by atoms with Crippen LogP contribution in [-0.4, -0.2) is 36.5 Å². The molecule has 2 rings (SSSR count). The van der Waals surface area contributed by atoms with Crippen LogP contribution >= 0.6 is 0 Å². The summed E-state index contributed by atoms with van der Waals surface area (Å²) in [7, 11) is 0. The quantitative estimate of drug-likeness (QED) is 0.791. The van der Waals surface area contributed by atoms with E-state index in [9.17, 15) is 13.6 Å². The number of hydrogen-bond donors (Lipinski definition) is 1. The van der Waals surface area contributed by atoms with Crippen LogP contribution < -0.4 is 5.32 Å². The molecule has 0 saturated heterocycles. The van der Waals surface area contributed by atoms with E-state index in [-0.39, 0.29) is 11.6 Å². The zero-order valence-electron chi connectivity index (χ0n) is 14.6. The molecular formula is C20H24F2N2O. The molecule has 0 saturated carbocycles. The van der Waals surface area contributed by atoms with E-state index in [0.717, 1.165) is 25.6 Å². The number of hydrogen-bond acceptors (Lipinski definition) is 2. The minimum atomic E-state index is -1.11. The molecule has 0 aromatic heterocycles. The number of benzene rings is 2. The second-order valence-electron chi connectivity index (χ2n) is 5.88. The predicted octanol–water partition coefficient (Wildman–Crippen LogP) is 3.65. The molecule has 134 valence electrons. The molecule has 0 fully saturated rings. The average Bonchev–Trinajstić information content (AvgIpc) is 2.63. The molecule has 2 aromatic carbocycles. The molecule has 25 heavy (non-hydrogen) atoms. The van der Waals surface area contributed by atoms with E-state index < -0.39 is 17.5 Å². The maximum atomic E-state index is 13.8. The normalized spacial score (nSPS) is 12.2. The summed E-state index contributed by atoms with van der Waals surface area (Å²) < 4.78 is 27.1. The van der Waals surface area contributed by atoms with Crippen LogP contribution in [0.5, 0.6) is 0 Å². The molecule has 0 bridgehead atoms. The Morgan fingerprint density at radius 2 is 1.72 bits per heavy atom. The summed E-state index contributed by atoms with van der Waals surface area (Å²) in [5.74, 6) is -2.72. The van der Waals surface area contributed by atoms with Crippen molar-refractivity contribution in [2.45, 2.75) is 26.3 Å². The van der Waals surface area contributed by atoms with Crippen molar-refractivity contribution >= 4 is 5.91 Å². The van der Waals surface area contributed by atoms with Gasteiger partial charge in [0.1, 0.15) is 0 Å². The molecule has 0 heterocycles. The summed E-state index contributed by atoms with van der Waals surface area (Å²) in [6.45, 7) is 6.19. The van der Waals surface area contributed by atoms with Gasteiger partial charge in [0.25, 0.3) is 5.91 Å². The summed E-state index contributed by atoms with van der Waals surface area (Å²) in [5, 5.41) is 2.75. The van der Waals surface area contributed by atoms with E-state index in [4.69, 9.17) is 0 Å². The van der Waals surface area contributed by atoms with Gasteiger partial charge in [-0.3, -0.25) is 9.69 Å². The van der Waals surface area contributed by atoms with Crippen molar-refractivity contribution < 1.29 is 13.6 Å². The van der Waals surface area contributed by atoms with Crippen LogP contribution in [-0.2, 0) is 6.42 Å². The fraction of sp³-hybridized carbons (Fsp3) is 0.350. The SMILES string of the molecule is CCN(CC)C(CNC(=O)c1cccc(F)c1F)Cc1ccccc1. The van der Waals surface area contributed by atoms with Crippen LogP contribution in [0.2, 0.25) is 0 Å². The molecule has 0 spiro atoms. The third kappa shape index (κ3) is 5.10. The molecule has 0 aliphatic rings. The third-order valence-electron chi connectivity index (χ3n) is 4.34. The Morgan fingerprint density at radius 1 is 1.04 bits per heavy atom. The first-order valence-corrected chi connectivity index (χ1v) is 8.57. The molecule has 0 aliphatic carbocycles. The molecule has 5 heteroatoms. The van der Waals surface area contributed by atoms with Gasteiger partial charge in [0, 0.05) is 12.6 Å². The highest BCUT2D eigenvalue weighted by atomic mass is 19.2. The van der Waals surface area contributed by atoms with E-state index in [1.54, 1.807) is 0 Å². The summed E-state index contributed by atoms with van der Waals surface area (Å²) in [6, 6.07) is 13.7. The van der Waals surface area contributed by atoms with E-state index >= 15 is 0 Å². The van der Waals surface area contributed by atoms with Crippen molar-refractivity contribution in [3.8, 4) is 0 Å². The van der Waals surface area contributed by atoms with Crippen molar-refractivity contribution in [2.75, 3.05) is 19.6 Å². The van der Waals surface area contributed by atoms with Gasteiger partial charge in [0.2, 0.25) is 0 Å². The predicted molar refractivity (Wildman–Crippen MR) is 95.5 cm³/mol. The highest BCUT2D eigenvalue weighted by Gasteiger charge is 2.20. The third-order valence-corrected chi connectivity index (χ3v) is 4.34. The summed E-state index contributed by atoms with van der Waals surface area (Å²) >= 11 is 0. The zero-order valence-corrected chi connectivity index (χ0v) is 14.6. The van der Waals surface area contributed by atoms with Crippen LogP contribution in [0.25, 0.3) is 0 Å². The van der Waals surface area contributed by atoms with Gasteiger partial charge in [-0.15, -0.1) is 0 Å². The maximum Gasteiger partial charge on any atom is 0.254 e. The summed E-state index contributed by atoms with van der Waals surface area (Å²) in [4.78, 5) is 14.5. The van der Waals surface area contributed by atoms with Crippen LogP contribution in [0.4, 0.5) is 8.78 Å². The Bertz CT molecular complexity index is 687. The number of amides is 1. The van der Waals surface area contributed by atoms with Crippen molar-refractivity contribution in [1.82, 2.24) is 10.2 Å². The van der Waals surface area contributed by atoms with Gasteiger partial charge < -0.3 is 5.32 Å². The monoisotopic (exact) mass is 346 g/mol. The van der Waals surface area contributed by atoms with Crippen molar-refractivity contribution in [2.24, 2.45) is 0 Å². The number of nitrogens with zero attached hydrogens (tertiary/aromatic N) is 1. The van der Waals surface area contributed by atoms with E-state index in [0.29, 0.717) is 6.54 Å². The van der Waals surface area contributed by atoms with E-state index in [1.807, 2.05) is 30.3 Å². The largest absolute Gasteiger partial charge is 0.350 e. The van der Waals surface area contributed by atoms with Crippen molar-refractivity contribution in [3.63, 3.8) is 0 Å². The lowest BCUT2D eigenvalue weighted by Gasteiger charge is -2.30. The first-order valence-electron chi connectivity index (χ1n) is 8.57. The number of halogens is 2. The number of rotatable bonds is 8. The van der Waals surface area contributed by atoms with E-state index in [1.165, 1.54) is 17.7 Å². The fourth-order valence-electron chi connectivity index (χ4n) is 2.94. The number of nitrogens with one attached hydrogen (secondary N) is 1. The topological polar surface area (TPSA) is 32.3 Å². The van der Waals surface area contributed by atoms with Crippen LogP contribution in [0, 0.1) is 11.6 Å². The standard InChI is InChI=1S/C20H24F2N2O/c1-3-24(4-2)16(13-15-9-6-5-7-10-15)14-23-20(25)17-11-8-12-18(21)19(17)22/h5-12,16H,3-4,13-14H2,1-2H3,(H,23,25). The van der Waals surface area contributed by atoms with Crippen molar-refractivity contribution in [1.29, 1.82) is 0 Å². The molecule has 2 aromatic rings. The summed E-state index contributed by atoms with van der Waals surface area (Å²) in [5.41, 5.74) is 0.906. The Kier molecular flexibility index (Phi) is 7.07. The van der Waals surface area contributed by atoms with E-state index in [2.05, 4.69) is 24.1 Å². The van der Waals surface area contributed by atoms with Gasteiger partial charge in [-0.05, 0) is 37.2 Å². The lowest BCUT2D eigenvalue weighted by molar-refractivity contribution is 0.0929. The molecule has 1 amide bonds. The van der Waals surface area contributed by atoms with Gasteiger partial charge in [-0.1, -0.05) is 50.2 Å². The number of carbonyl (C=O) groups excluding carboxylic acids is 1. The van der Waals surface area contributed by atoms with Gasteiger partial charge in [0.15, 0.2) is 11.6 Å². The van der Waals surface area contributed by atoms with Gasteiger partial charge in [-0.2, -0.15) is 0 Å². The van der Waals surface area contributed by atoms with Crippen LogP contribution in [0.15, 0.2) is 48.5 Å². The second kappa shape index (κ2) is 9.28. The number of likely N-dealkylation sites (N-methyl/N-ethyl adjacent to an activating group) is 1. The Hall–Kier alpha value is -2.27. The van der Waals surface area contributed by atoms with Crippen LogP contribution in [0.1, 0.15) is 29.8 Å². The molecule has 1 N–H and O–H groups in total. The fourth-order valence-corrected chi connectivity index (χ4v) is 2.94. The Labute approximate surface area is 147 Å². The number of carbonyl (C=O) groups is 1. The highest BCUT2D eigenvalue weighted by molar-refractivity contribution is 5.94. The first-order chi connectivity index (χ1) is 12.1. The minimum Gasteiger partial charge on any atom is -0.350 e. The maximum absolute atomic E-state index is 13.8. The average molecular weight is 346 g/mol. The molecule has 1 atom stereocenters. The lowest BCUT2D eigenvalue weighted by atomic mass is 10.0. The highest BCUT2D eigenvalue weighted by Crippen LogP contribution is 2.12.